The number of hydrogen-bond acceptors (Lipinski definition) is 3. The summed E-state index contributed by atoms with van der Waals surface area (Å²) in [6.45, 7) is 4.20. The molecule has 0 bridgehead atoms. The quantitative estimate of drug-likeness (QED) is 0.771. The molecule has 0 spiro atoms. The van der Waals surface area contributed by atoms with Crippen LogP contribution in [0.3, 0.4) is 0 Å². The van der Waals surface area contributed by atoms with Gasteiger partial charge >= 0.3 is 0 Å². The van der Waals surface area contributed by atoms with E-state index in [1.807, 2.05) is 6.92 Å². The van der Waals surface area contributed by atoms with Gasteiger partial charge in [-0.05, 0) is 24.5 Å². The molecule has 1 aromatic carbocycles. The van der Waals surface area contributed by atoms with Crippen LogP contribution in [0.4, 0.5) is 0 Å². The number of benzene rings is 1. The van der Waals surface area contributed by atoms with Gasteiger partial charge in [-0.1, -0.05) is 36.3 Å². The first-order chi connectivity index (χ1) is 7.74. The zero-order valence-electron chi connectivity index (χ0n) is 9.53. The van der Waals surface area contributed by atoms with Crippen LogP contribution < -0.4 is 0 Å². The molecule has 0 saturated carbocycles. The van der Waals surface area contributed by atoms with E-state index in [4.69, 9.17) is 4.52 Å². The van der Waals surface area contributed by atoms with Crippen molar-refractivity contribution >= 4 is 0 Å². The van der Waals surface area contributed by atoms with E-state index >= 15 is 0 Å². The Morgan fingerprint density at radius 3 is 2.88 bits per heavy atom. The fourth-order valence-corrected chi connectivity index (χ4v) is 2.39. The van der Waals surface area contributed by atoms with Crippen molar-refractivity contribution in [1.82, 2.24) is 10.1 Å². The van der Waals surface area contributed by atoms with Crippen molar-refractivity contribution in [3.63, 3.8) is 0 Å². The Morgan fingerprint density at radius 1 is 1.38 bits per heavy atom. The highest BCUT2D eigenvalue weighted by molar-refractivity contribution is 5.48. The molecular formula is C13H14N2O. The first kappa shape index (κ1) is 9.58. The first-order valence-electron chi connectivity index (χ1n) is 5.65. The molecular weight excluding hydrogens is 200 g/mol. The number of hydrogen-bond donors (Lipinski definition) is 0. The number of aryl methyl sites for hydroxylation is 1. The lowest BCUT2D eigenvalue weighted by molar-refractivity contribution is 0.299. The molecule has 16 heavy (non-hydrogen) atoms. The molecule has 0 radical (unpaired) electrons. The highest BCUT2D eigenvalue weighted by atomic mass is 16.5. The summed E-state index contributed by atoms with van der Waals surface area (Å²) in [5.74, 6) is 1.55. The Balaban J connectivity index is 2.03. The average molecular weight is 214 g/mol. The highest BCUT2D eigenvalue weighted by Crippen LogP contribution is 2.44. The Hall–Kier alpha value is -1.64. The molecule has 1 heterocycles. The molecule has 1 aromatic heterocycles. The summed E-state index contributed by atoms with van der Waals surface area (Å²) in [7, 11) is 0. The van der Waals surface area contributed by atoms with Gasteiger partial charge in [-0.15, -0.1) is 0 Å². The molecule has 3 rings (SSSR count). The molecule has 3 nitrogen and oxygen atoms in total. The van der Waals surface area contributed by atoms with Crippen molar-refractivity contribution in [3.8, 4) is 0 Å². The van der Waals surface area contributed by atoms with Crippen LogP contribution in [-0.2, 0) is 18.3 Å². The number of nitrogens with zero attached hydrogens (tertiary/aromatic N) is 2. The predicted molar refractivity (Wildman–Crippen MR) is 60.3 cm³/mol. The minimum atomic E-state index is -0.0724. The standard InChI is InChI=1S/C13H14N2O/c1-3-11-14-12(16-15-11)13(2)8-9-6-4-5-7-10(9)13/h4-7H,3,8H2,1-2H3. The predicted octanol–water partition coefficient (Wildman–Crippen LogP) is 2.49. The molecule has 1 atom stereocenters. The molecule has 3 heteroatoms. The monoisotopic (exact) mass is 214 g/mol. The Kier molecular flexibility index (Phi) is 1.90. The van der Waals surface area contributed by atoms with Crippen LogP contribution in [0.15, 0.2) is 28.8 Å². The highest BCUT2D eigenvalue weighted by Gasteiger charge is 2.44. The van der Waals surface area contributed by atoms with E-state index in [2.05, 4.69) is 41.3 Å². The van der Waals surface area contributed by atoms with E-state index in [0.717, 1.165) is 24.6 Å². The van der Waals surface area contributed by atoms with Crippen LogP contribution in [0.2, 0.25) is 0 Å². The zero-order valence-corrected chi connectivity index (χ0v) is 9.53. The average Bonchev–Trinajstić information content (AvgIpc) is 2.76. The van der Waals surface area contributed by atoms with Crippen molar-refractivity contribution in [2.45, 2.75) is 32.1 Å². The minimum absolute atomic E-state index is 0.0724. The Morgan fingerprint density at radius 2 is 2.19 bits per heavy atom. The van der Waals surface area contributed by atoms with E-state index in [9.17, 15) is 0 Å². The second-order valence-corrected chi connectivity index (χ2v) is 4.54. The van der Waals surface area contributed by atoms with E-state index in [-0.39, 0.29) is 5.41 Å². The van der Waals surface area contributed by atoms with Crippen molar-refractivity contribution in [3.05, 3.63) is 47.1 Å². The van der Waals surface area contributed by atoms with Crippen LogP contribution >= 0.6 is 0 Å². The Labute approximate surface area is 94.5 Å². The molecule has 82 valence electrons. The third-order valence-electron chi connectivity index (χ3n) is 3.41. The second-order valence-electron chi connectivity index (χ2n) is 4.54. The third-order valence-corrected chi connectivity index (χ3v) is 3.41. The SMILES string of the molecule is CCc1noc(C2(C)Cc3ccccc32)n1. The van der Waals surface area contributed by atoms with Gasteiger partial charge in [0.25, 0.3) is 0 Å². The second kappa shape index (κ2) is 3.17. The van der Waals surface area contributed by atoms with Crippen molar-refractivity contribution in [1.29, 1.82) is 0 Å². The van der Waals surface area contributed by atoms with E-state index < -0.39 is 0 Å². The number of aromatic nitrogens is 2. The Bertz CT molecular complexity index is 532. The normalized spacial score (nSPS) is 22.6. The first-order valence-corrected chi connectivity index (χ1v) is 5.65. The van der Waals surface area contributed by atoms with Gasteiger partial charge < -0.3 is 4.52 Å². The van der Waals surface area contributed by atoms with Gasteiger partial charge in [0.15, 0.2) is 5.82 Å². The van der Waals surface area contributed by atoms with Crippen LogP contribution in [0.5, 0.6) is 0 Å². The molecule has 0 fully saturated rings. The fourth-order valence-electron chi connectivity index (χ4n) is 2.39. The maximum absolute atomic E-state index is 5.36. The van der Waals surface area contributed by atoms with Crippen LogP contribution in [-0.4, -0.2) is 10.1 Å². The largest absolute Gasteiger partial charge is 0.338 e. The van der Waals surface area contributed by atoms with Gasteiger partial charge in [-0.25, -0.2) is 0 Å². The minimum Gasteiger partial charge on any atom is -0.338 e. The van der Waals surface area contributed by atoms with Crippen molar-refractivity contribution in [2.75, 3.05) is 0 Å². The maximum atomic E-state index is 5.36. The summed E-state index contributed by atoms with van der Waals surface area (Å²) in [5.41, 5.74) is 2.64. The lowest BCUT2D eigenvalue weighted by atomic mass is 9.65. The molecule has 0 amide bonds. The molecule has 0 saturated heterocycles. The summed E-state index contributed by atoms with van der Waals surface area (Å²) >= 11 is 0. The summed E-state index contributed by atoms with van der Waals surface area (Å²) in [6, 6.07) is 8.44. The third kappa shape index (κ3) is 1.14. The molecule has 0 aliphatic heterocycles. The van der Waals surface area contributed by atoms with E-state index in [1.54, 1.807) is 0 Å². The summed E-state index contributed by atoms with van der Waals surface area (Å²) < 4.78 is 5.36. The molecule has 2 aromatic rings. The summed E-state index contributed by atoms with van der Waals surface area (Å²) in [4.78, 5) is 4.44. The van der Waals surface area contributed by atoms with Crippen LogP contribution in [0.25, 0.3) is 0 Å². The van der Waals surface area contributed by atoms with Gasteiger partial charge in [0.2, 0.25) is 5.89 Å². The zero-order chi connectivity index (χ0) is 11.2. The topological polar surface area (TPSA) is 38.9 Å². The van der Waals surface area contributed by atoms with Gasteiger partial charge in [0.05, 0.1) is 5.41 Å². The lowest BCUT2D eigenvalue weighted by Crippen LogP contribution is -2.37. The van der Waals surface area contributed by atoms with E-state index in [1.165, 1.54) is 11.1 Å². The number of rotatable bonds is 2. The summed E-state index contributed by atoms with van der Waals surface area (Å²) in [6.07, 6.45) is 1.82. The fraction of sp³-hybridized carbons (Fsp3) is 0.385. The van der Waals surface area contributed by atoms with Crippen LogP contribution in [0.1, 0.15) is 36.7 Å². The molecule has 0 N–H and O–H groups in total. The van der Waals surface area contributed by atoms with Crippen LogP contribution in [0, 0.1) is 0 Å². The van der Waals surface area contributed by atoms with Gasteiger partial charge in [-0.3, -0.25) is 0 Å². The molecule has 1 aliphatic carbocycles. The lowest BCUT2D eigenvalue weighted by Gasteiger charge is -2.37. The van der Waals surface area contributed by atoms with Gasteiger partial charge in [-0.2, -0.15) is 4.98 Å². The smallest absolute Gasteiger partial charge is 0.237 e. The van der Waals surface area contributed by atoms with Crippen molar-refractivity contribution < 1.29 is 4.52 Å². The van der Waals surface area contributed by atoms with Crippen molar-refractivity contribution in [2.24, 2.45) is 0 Å². The van der Waals surface area contributed by atoms with E-state index in [0.29, 0.717) is 0 Å². The molecule has 1 aliphatic rings. The summed E-state index contributed by atoms with van der Waals surface area (Å²) in [5, 5.41) is 3.97. The number of fused-ring (bicyclic) bond motifs is 1. The maximum Gasteiger partial charge on any atom is 0.237 e. The molecule has 1 unspecified atom stereocenters. The van der Waals surface area contributed by atoms with Gasteiger partial charge in [0.1, 0.15) is 0 Å². The van der Waals surface area contributed by atoms with Gasteiger partial charge in [0, 0.05) is 6.42 Å².